The molecule has 1 aromatic heterocycles. The average molecular weight is 373 g/mol. The van der Waals surface area contributed by atoms with Crippen molar-refractivity contribution in [2.24, 2.45) is 0 Å². The van der Waals surface area contributed by atoms with E-state index in [1.165, 1.54) is 12.1 Å². The third kappa shape index (κ3) is 4.41. The van der Waals surface area contributed by atoms with Crippen molar-refractivity contribution in [3.8, 4) is 0 Å². The summed E-state index contributed by atoms with van der Waals surface area (Å²) in [5.41, 5.74) is 1.46. The minimum atomic E-state index is -0.729. The van der Waals surface area contributed by atoms with Crippen LogP contribution < -0.4 is 5.32 Å². The molecule has 26 heavy (non-hydrogen) atoms. The van der Waals surface area contributed by atoms with Gasteiger partial charge in [0.1, 0.15) is 5.76 Å². The number of nitrogens with zero attached hydrogens (tertiary/aromatic N) is 1. The number of nitrogens with one attached hydrogen (secondary N) is 1. The molecule has 0 spiro atoms. The van der Waals surface area contributed by atoms with Gasteiger partial charge in [-0.05, 0) is 42.0 Å². The molecule has 1 heterocycles. The van der Waals surface area contributed by atoms with Gasteiger partial charge in [-0.3, -0.25) is 10.1 Å². The van der Waals surface area contributed by atoms with Gasteiger partial charge >= 0.3 is 0 Å². The summed E-state index contributed by atoms with van der Waals surface area (Å²) in [6, 6.07) is 16.4. The maximum absolute atomic E-state index is 10.8. The van der Waals surface area contributed by atoms with Crippen LogP contribution in [0, 0.1) is 10.1 Å². The highest BCUT2D eigenvalue weighted by Crippen LogP contribution is 2.31. The van der Waals surface area contributed by atoms with Crippen LogP contribution in [0.25, 0.3) is 0 Å². The monoisotopic (exact) mass is 372 g/mol. The number of rotatable bonds is 7. The lowest BCUT2D eigenvalue weighted by Gasteiger charge is -2.21. The zero-order valence-corrected chi connectivity index (χ0v) is 14.5. The van der Waals surface area contributed by atoms with Crippen molar-refractivity contribution in [3.63, 3.8) is 0 Å². The predicted octanol–water partition coefficient (Wildman–Crippen LogP) is 5.12. The number of nitro groups is 1. The summed E-state index contributed by atoms with van der Waals surface area (Å²) in [4.78, 5) is 10.3. The Bertz CT molecular complexity index is 848. The molecule has 134 valence electrons. The molecule has 2 atom stereocenters. The Labute approximate surface area is 155 Å². The molecule has 0 radical (unpaired) electrons. The minimum Gasteiger partial charge on any atom is -0.467 e. The Balaban J connectivity index is 1.77. The second-order valence-corrected chi connectivity index (χ2v) is 6.26. The summed E-state index contributed by atoms with van der Waals surface area (Å²) in [5, 5.41) is 25.2. The fraction of sp³-hybridized carbons (Fsp3) is 0.158. The SMILES string of the molecule is O=[N+]([O-])c1ccc(N[C@H](C[C@@H](O)c2ccc(Cl)cc2)c2ccco2)cc1. The molecule has 0 aliphatic carbocycles. The molecule has 0 saturated heterocycles. The molecule has 0 aliphatic heterocycles. The van der Waals surface area contributed by atoms with Crippen molar-refractivity contribution in [3.05, 3.63) is 93.4 Å². The fourth-order valence-electron chi connectivity index (χ4n) is 2.66. The van der Waals surface area contributed by atoms with Crippen LogP contribution in [0.1, 0.15) is 29.9 Å². The normalized spacial score (nSPS) is 13.2. The predicted molar refractivity (Wildman–Crippen MR) is 99.2 cm³/mol. The molecule has 7 heteroatoms. The van der Waals surface area contributed by atoms with Crippen LogP contribution in [-0.2, 0) is 0 Å². The van der Waals surface area contributed by atoms with E-state index in [1.807, 2.05) is 6.07 Å². The zero-order valence-electron chi connectivity index (χ0n) is 13.7. The summed E-state index contributed by atoms with van der Waals surface area (Å²) < 4.78 is 5.48. The van der Waals surface area contributed by atoms with Crippen molar-refractivity contribution < 1.29 is 14.4 Å². The van der Waals surface area contributed by atoms with Crippen LogP contribution in [0.3, 0.4) is 0 Å². The van der Waals surface area contributed by atoms with E-state index in [2.05, 4.69) is 5.32 Å². The van der Waals surface area contributed by atoms with E-state index < -0.39 is 11.0 Å². The number of non-ortho nitro benzene ring substituents is 1. The average Bonchev–Trinajstić information content (AvgIpc) is 3.16. The highest BCUT2D eigenvalue weighted by Gasteiger charge is 2.20. The van der Waals surface area contributed by atoms with Crippen LogP contribution in [0.4, 0.5) is 11.4 Å². The number of benzene rings is 2. The van der Waals surface area contributed by atoms with Gasteiger partial charge in [0.15, 0.2) is 0 Å². The lowest BCUT2D eigenvalue weighted by molar-refractivity contribution is -0.384. The maximum Gasteiger partial charge on any atom is 0.269 e. The van der Waals surface area contributed by atoms with Crippen LogP contribution in [0.15, 0.2) is 71.3 Å². The quantitative estimate of drug-likeness (QED) is 0.444. The van der Waals surface area contributed by atoms with Crippen LogP contribution in [-0.4, -0.2) is 10.0 Å². The van der Waals surface area contributed by atoms with Crippen LogP contribution in [0.5, 0.6) is 0 Å². The smallest absolute Gasteiger partial charge is 0.269 e. The number of aliphatic hydroxyl groups is 1. The van der Waals surface area contributed by atoms with Gasteiger partial charge in [-0.1, -0.05) is 23.7 Å². The molecule has 3 rings (SSSR count). The molecule has 0 fully saturated rings. The maximum atomic E-state index is 10.8. The second kappa shape index (κ2) is 8.03. The number of hydrogen-bond acceptors (Lipinski definition) is 5. The van der Waals surface area contributed by atoms with Crippen molar-refractivity contribution in [2.45, 2.75) is 18.6 Å². The molecule has 3 aromatic rings. The summed E-state index contributed by atoms with van der Waals surface area (Å²) >= 11 is 5.89. The first-order chi connectivity index (χ1) is 12.5. The van der Waals surface area contributed by atoms with Gasteiger partial charge in [0.2, 0.25) is 0 Å². The van der Waals surface area contributed by atoms with E-state index in [1.54, 1.807) is 48.7 Å². The molecule has 0 bridgehead atoms. The Morgan fingerprint density at radius 2 is 1.81 bits per heavy atom. The molecule has 2 N–H and O–H groups in total. The Morgan fingerprint density at radius 1 is 1.12 bits per heavy atom. The Kier molecular flexibility index (Phi) is 5.55. The van der Waals surface area contributed by atoms with E-state index in [0.717, 1.165) is 5.56 Å². The number of anilines is 1. The number of hydrogen-bond donors (Lipinski definition) is 2. The number of halogens is 1. The molecular weight excluding hydrogens is 356 g/mol. The second-order valence-electron chi connectivity index (χ2n) is 5.82. The summed E-state index contributed by atoms with van der Waals surface area (Å²) in [5.74, 6) is 0.663. The van der Waals surface area contributed by atoms with Crippen molar-refractivity contribution in [1.29, 1.82) is 0 Å². The zero-order chi connectivity index (χ0) is 18.5. The fourth-order valence-corrected chi connectivity index (χ4v) is 2.79. The Morgan fingerprint density at radius 3 is 2.38 bits per heavy atom. The van der Waals surface area contributed by atoms with E-state index in [9.17, 15) is 15.2 Å². The molecule has 6 nitrogen and oxygen atoms in total. The van der Waals surface area contributed by atoms with E-state index in [0.29, 0.717) is 22.9 Å². The Hall–Kier alpha value is -2.83. The van der Waals surface area contributed by atoms with E-state index >= 15 is 0 Å². The summed E-state index contributed by atoms with van der Waals surface area (Å²) in [6.45, 7) is 0. The highest BCUT2D eigenvalue weighted by atomic mass is 35.5. The molecule has 2 aromatic carbocycles. The highest BCUT2D eigenvalue weighted by molar-refractivity contribution is 6.30. The van der Waals surface area contributed by atoms with Crippen LogP contribution in [0.2, 0.25) is 5.02 Å². The molecule has 0 aliphatic rings. The number of furan rings is 1. The van der Waals surface area contributed by atoms with Gasteiger partial charge in [0.05, 0.1) is 23.3 Å². The van der Waals surface area contributed by atoms with Crippen molar-refractivity contribution in [1.82, 2.24) is 0 Å². The molecular formula is C19H17ClN2O4. The van der Waals surface area contributed by atoms with Gasteiger partial charge in [-0.2, -0.15) is 0 Å². The van der Waals surface area contributed by atoms with Crippen molar-refractivity contribution >= 4 is 23.0 Å². The van der Waals surface area contributed by atoms with Gasteiger partial charge in [-0.15, -0.1) is 0 Å². The van der Waals surface area contributed by atoms with Gasteiger partial charge < -0.3 is 14.8 Å². The lowest BCUT2D eigenvalue weighted by Crippen LogP contribution is -2.14. The third-order valence-corrected chi connectivity index (χ3v) is 4.27. The first-order valence-corrected chi connectivity index (χ1v) is 8.38. The molecule has 0 unspecified atom stereocenters. The first-order valence-electron chi connectivity index (χ1n) is 8.01. The largest absolute Gasteiger partial charge is 0.467 e. The summed E-state index contributed by atoms with van der Waals surface area (Å²) in [6.07, 6.45) is 1.19. The molecule has 0 amide bonds. The number of aliphatic hydroxyl groups excluding tert-OH is 1. The van der Waals surface area contributed by atoms with E-state index in [-0.39, 0.29) is 11.7 Å². The third-order valence-electron chi connectivity index (χ3n) is 4.02. The number of nitro benzene ring substituents is 1. The lowest BCUT2D eigenvalue weighted by atomic mass is 10.00. The van der Waals surface area contributed by atoms with Gasteiger partial charge in [0.25, 0.3) is 5.69 Å². The topological polar surface area (TPSA) is 88.5 Å². The van der Waals surface area contributed by atoms with Crippen molar-refractivity contribution in [2.75, 3.05) is 5.32 Å². The van der Waals surface area contributed by atoms with Gasteiger partial charge in [-0.25, -0.2) is 0 Å². The first kappa shape index (κ1) is 18.0. The van der Waals surface area contributed by atoms with Crippen LogP contribution >= 0.6 is 11.6 Å². The standard InChI is InChI=1S/C19H17ClN2O4/c20-14-5-3-13(4-6-14)18(23)12-17(19-2-1-11-26-19)21-15-7-9-16(10-8-15)22(24)25/h1-11,17-18,21,23H,12H2/t17-,18-/m1/s1. The summed E-state index contributed by atoms with van der Waals surface area (Å²) in [7, 11) is 0. The minimum absolute atomic E-state index is 0.0197. The molecule has 0 saturated carbocycles. The van der Waals surface area contributed by atoms with Gasteiger partial charge in [0, 0.05) is 29.3 Å². The van der Waals surface area contributed by atoms with E-state index in [4.69, 9.17) is 16.0 Å².